The molecule has 0 aliphatic carbocycles. The number of benzene rings is 1. The molecule has 0 fully saturated rings. The number of hydrogen-bond donors (Lipinski definition) is 2. The van der Waals surface area contributed by atoms with Crippen molar-refractivity contribution in [3.63, 3.8) is 0 Å². The first-order valence-electron chi connectivity index (χ1n) is 8.72. The third kappa shape index (κ3) is 1.95. The van der Waals surface area contributed by atoms with Gasteiger partial charge in [0.25, 0.3) is 5.56 Å². The van der Waals surface area contributed by atoms with E-state index in [2.05, 4.69) is 4.98 Å². The second-order valence-electron chi connectivity index (χ2n) is 6.88. The molecule has 2 unspecified atom stereocenters. The zero-order chi connectivity index (χ0) is 18.9. The molecule has 136 valence electrons. The molecule has 2 N–H and O–H groups in total. The van der Waals surface area contributed by atoms with Crippen molar-refractivity contribution in [2.45, 2.75) is 31.8 Å². The topological polar surface area (TPSA) is 102 Å². The molecule has 0 amide bonds. The highest BCUT2D eigenvalue weighted by Gasteiger charge is 2.46. The molecule has 0 spiro atoms. The van der Waals surface area contributed by atoms with Crippen molar-refractivity contribution < 1.29 is 19.7 Å². The van der Waals surface area contributed by atoms with Crippen LogP contribution in [-0.4, -0.2) is 25.7 Å². The maximum atomic E-state index is 13.1. The average molecular weight is 364 g/mol. The van der Waals surface area contributed by atoms with Crippen molar-refractivity contribution in [2.75, 3.05) is 0 Å². The predicted molar refractivity (Wildman–Crippen MR) is 95.8 cm³/mol. The summed E-state index contributed by atoms with van der Waals surface area (Å²) >= 11 is 0. The van der Waals surface area contributed by atoms with Gasteiger partial charge in [-0.2, -0.15) is 0 Å². The van der Waals surface area contributed by atoms with E-state index in [1.807, 2.05) is 24.3 Å². The lowest BCUT2D eigenvalue weighted by molar-refractivity contribution is -0.172. The quantitative estimate of drug-likeness (QED) is 0.636. The highest BCUT2D eigenvalue weighted by molar-refractivity contribution is 5.86. The van der Waals surface area contributed by atoms with E-state index >= 15 is 0 Å². The number of aliphatic hydroxyl groups excluding tert-OH is 1. The van der Waals surface area contributed by atoms with Gasteiger partial charge in [0, 0.05) is 16.5 Å². The average Bonchev–Trinajstić information content (AvgIpc) is 2.95. The van der Waals surface area contributed by atoms with E-state index in [9.17, 15) is 19.8 Å². The summed E-state index contributed by atoms with van der Waals surface area (Å²) < 4.78 is 6.27. The van der Waals surface area contributed by atoms with Crippen LogP contribution in [0.25, 0.3) is 22.3 Å². The number of esters is 1. The van der Waals surface area contributed by atoms with Gasteiger partial charge in [0.15, 0.2) is 11.8 Å². The van der Waals surface area contributed by atoms with E-state index in [0.29, 0.717) is 17.0 Å². The van der Waals surface area contributed by atoms with Crippen molar-refractivity contribution in [3.05, 3.63) is 63.4 Å². The first kappa shape index (κ1) is 16.2. The fourth-order valence-corrected chi connectivity index (χ4v) is 3.97. The number of nitrogens with zero attached hydrogens (tertiary/aromatic N) is 2. The van der Waals surface area contributed by atoms with Gasteiger partial charge in [0.05, 0.1) is 22.5 Å². The van der Waals surface area contributed by atoms with Gasteiger partial charge >= 0.3 is 5.97 Å². The number of aliphatic hydroxyl groups is 2. The largest absolute Gasteiger partial charge is 0.458 e. The number of cyclic esters (lactones) is 1. The van der Waals surface area contributed by atoms with Crippen LogP contribution in [0.2, 0.25) is 0 Å². The van der Waals surface area contributed by atoms with Crippen molar-refractivity contribution in [1.82, 2.24) is 9.55 Å². The van der Waals surface area contributed by atoms with Crippen LogP contribution in [0.3, 0.4) is 0 Å². The van der Waals surface area contributed by atoms with E-state index in [-0.39, 0.29) is 24.2 Å². The molecule has 2 atom stereocenters. The smallest absolute Gasteiger partial charge is 0.343 e. The molecule has 2 aromatic heterocycles. The van der Waals surface area contributed by atoms with Gasteiger partial charge in [0.1, 0.15) is 6.61 Å². The van der Waals surface area contributed by atoms with E-state index in [0.717, 1.165) is 10.9 Å². The van der Waals surface area contributed by atoms with Crippen LogP contribution in [0.1, 0.15) is 36.3 Å². The van der Waals surface area contributed by atoms with Crippen LogP contribution in [0.15, 0.2) is 41.2 Å². The normalized spacial score (nSPS) is 22.9. The third-order valence-electron chi connectivity index (χ3n) is 5.50. The molecule has 3 aromatic rings. The first-order chi connectivity index (χ1) is 13.0. The van der Waals surface area contributed by atoms with E-state index in [4.69, 9.17) is 4.74 Å². The lowest BCUT2D eigenvalue weighted by atomic mass is 9.86. The number of hydrogen-bond acceptors (Lipinski definition) is 6. The van der Waals surface area contributed by atoms with Crippen LogP contribution in [0, 0.1) is 0 Å². The minimum atomic E-state index is -1.88. The van der Waals surface area contributed by atoms with Crippen molar-refractivity contribution in [3.8, 4) is 11.4 Å². The Morgan fingerprint density at radius 3 is 2.85 bits per heavy atom. The van der Waals surface area contributed by atoms with Crippen molar-refractivity contribution in [1.29, 1.82) is 0 Å². The Labute approximate surface area is 153 Å². The number of pyridine rings is 2. The number of rotatable bonds is 1. The Kier molecular flexibility index (Phi) is 3.14. The molecule has 4 heterocycles. The van der Waals surface area contributed by atoms with Gasteiger partial charge in [0.2, 0.25) is 0 Å². The molecule has 0 radical (unpaired) electrons. The van der Waals surface area contributed by atoms with E-state index < -0.39 is 23.4 Å². The fraction of sp³-hybridized carbons (Fsp3) is 0.250. The molecule has 0 bridgehead atoms. The van der Waals surface area contributed by atoms with Gasteiger partial charge in [-0.25, -0.2) is 9.78 Å². The van der Waals surface area contributed by atoms with Gasteiger partial charge in [-0.05, 0) is 24.6 Å². The number of ether oxygens (including phenoxy) is 1. The van der Waals surface area contributed by atoms with Crippen LogP contribution in [0.5, 0.6) is 0 Å². The Morgan fingerprint density at radius 2 is 2.07 bits per heavy atom. The predicted octanol–water partition coefficient (Wildman–Crippen LogP) is 1.57. The summed E-state index contributed by atoms with van der Waals surface area (Å²) in [5, 5.41) is 22.5. The van der Waals surface area contributed by atoms with Gasteiger partial charge in [-0.3, -0.25) is 9.36 Å². The standard InChI is InChI=1S/C20H16N2O5/c1-2-20(26)13-8-15-16-11(7-10-5-3-4-6-14(10)21-16)17(23)22(15)18(24)12(13)9-27-19(20)25/h3-8,17,23,26H,2,9H2,1H3. The summed E-state index contributed by atoms with van der Waals surface area (Å²) in [5.41, 5.74) is 0.134. The van der Waals surface area contributed by atoms with Crippen LogP contribution >= 0.6 is 0 Å². The zero-order valence-corrected chi connectivity index (χ0v) is 14.5. The number of carbonyl (C=O) groups excluding carboxylic acids is 1. The van der Waals surface area contributed by atoms with Crippen molar-refractivity contribution in [2.24, 2.45) is 0 Å². The maximum absolute atomic E-state index is 13.1. The van der Waals surface area contributed by atoms with E-state index in [1.54, 1.807) is 19.1 Å². The first-order valence-corrected chi connectivity index (χ1v) is 8.72. The molecular formula is C20H16N2O5. The Morgan fingerprint density at radius 1 is 1.30 bits per heavy atom. The summed E-state index contributed by atoms with van der Waals surface area (Å²) in [7, 11) is 0. The highest BCUT2D eigenvalue weighted by Crippen LogP contribution is 2.41. The molecule has 2 aliphatic heterocycles. The fourth-order valence-electron chi connectivity index (χ4n) is 3.97. The monoisotopic (exact) mass is 364 g/mol. The molecule has 5 rings (SSSR count). The summed E-state index contributed by atoms with van der Waals surface area (Å²) in [6, 6.07) is 10.9. The molecule has 0 saturated heterocycles. The molecule has 7 heteroatoms. The third-order valence-corrected chi connectivity index (χ3v) is 5.50. The Balaban J connectivity index is 1.85. The molecule has 2 aliphatic rings. The zero-order valence-electron chi connectivity index (χ0n) is 14.5. The second kappa shape index (κ2) is 5.25. The lowest BCUT2D eigenvalue weighted by Gasteiger charge is -2.31. The summed E-state index contributed by atoms with van der Waals surface area (Å²) in [6.45, 7) is 1.42. The van der Waals surface area contributed by atoms with Crippen molar-refractivity contribution >= 4 is 16.9 Å². The minimum absolute atomic E-state index is 0.0717. The number of carbonyl (C=O) groups is 1. The van der Waals surface area contributed by atoms with Gasteiger partial charge < -0.3 is 14.9 Å². The van der Waals surface area contributed by atoms with Gasteiger partial charge in [-0.15, -0.1) is 0 Å². The summed E-state index contributed by atoms with van der Waals surface area (Å²) in [5.74, 6) is -0.771. The minimum Gasteiger partial charge on any atom is -0.458 e. The van der Waals surface area contributed by atoms with Crippen LogP contribution in [0.4, 0.5) is 0 Å². The molecular weight excluding hydrogens is 348 g/mol. The number of fused-ring (bicyclic) bond motifs is 5. The summed E-state index contributed by atoms with van der Waals surface area (Å²) in [6.07, 6.45) is -1.11. The Bertz CT molecular complexity index is 1200. The second-order valence-corrected chi connectivity index (χ2v) is 6.88. The number of aromatic nitrogens is 2. The van der Waals surface area contributed by atoms with Crippen LogP contribution < -0.4 is 5.56 Å². The van der Waals surface area contributed by atoms with Crippen LogP contribution in [-0.2, 0) is 21.7 Å². The highest BCUT2D eigenvalue weighted by atomic mass is 16.6. The molecule has 27 heavy (non-hydrogen) atoms. The number of para-hydroxylation sites is 1. The molecule has 1 aromatic carbocycles. The van der Waals surface area contributed by atoms with E-state index in [1.165, 1.54) is 4.57 Å². The SMILES string of the molecule is CCC1(O)C(=O)OCc2c1cc1n(c2=O)C(O)c2cc3ccccc3nc2-1. The Hall–Kier alpha value is -3.03. The molecule has 0 saturated carbocycles. The molecule has 7 nitrogen and oxygen atoms in total. The maximum Gasteiger partial charge on any atom is 0.343 e. The lowest BCUT2D eigenvalue weighted by Crippen LogP contribution is -2.44. The van der Waals surface area contributed by atoms with Gasteiger partial charge in [-0.1, -0.05) is 25.1 Å². The summed E-state index contributed by atoms with van der Waals surface area (Å²) in [4.78, 5) is 29.8.